The lowest BCUT2D eigenvalue weighted by molar-refractivity contribution is 0.0650. The molecule has 0 bridgehead atoms. The van der Waals surface area contributed by atoms with Crippen molar-refractivity contribution in [3.05, 3.63) is 47.3 Å². The van der Waals surface area contributed by atoms with E-state index in [4.69, 9.17) is 9.84 Å². The zero-order chi connectivity index (χ0) is 16.8. The van der Waals surface area contributed by atoms with Crippen molar-refractivity contribution in [3.8, 4) is 5.69 Å². The molecule has 0 atom stereocenters. The normalized spacial score (nSPS) is 10.8. The zero-order valence-electron chi connectivity index (χ0n) is 13.8. The molecule has 0 spiro atoms. The van der Waals surface area contributed by atoms with Gasteiger partial charge in [0.2, 0.25) is 0 Å². The topological polar surface area (TPSA) is 67.6 Å². The molecular formula is C17H23N3O3. The lowest BCUT2D eigenvalue weighted by atomic mass is 10.2. The Bertz CT molecular complexity index is 650. The number of aryl methyl sites for hydroxylation is 2. The van der Waals surface area contributed by atoms with Crippen LogP contribution in [0, 0.1) is 13.8 Å². The maximum atomic E-state index is 12.6. The predicted molar refractivity (Wildman–Crippen MR) is 87.9 cm³/mol. The van der Waals surface area contributed by atoms with Crippen LogP contribution in [-0.4, -0.2) is 59.1 Å². The number of carbonyl (C=O) groups excluding carboxylic acids is 1. The highest BCUT2D eigenvalue weighted by Crippen LogP contribution is 2.14. The first-order valence-corrected chi connectivity index (χ1v) is 7.59. The molecule has 0 radical (unpaired) electrons. The number of carbonyl (C=O) groups is 1. The SMILES string of the molecule is COCCN(CCO)C(=O)c1cc(C)n(-c2ccc(C)cc2)n1. The van der Waals surface area contributed by atoms with Crippen molar-refractivity contribution in [3.63, 3.8) is 0 Å². The van der Waals surface area contributed by atoms with Crippen LogP contribution in [0.25, 0.3) is 5.69 Å². The van der Waals surface area contributed by atoms with E-state index in [1.54, 1.807) is 22.8 Å². The first-order chi connectivity index (χ1) is 11.1. The standard InChI is InChI=1S/C17H23N3O3/c1-13-4-6-15(7-5-13)20-14(2)12-16(18-20)17(22)19(8-10-21)9-11-23-3/h4-7,12,21H,8-11H2,1-3H3. The van der Waals surface area contributed by atoms with E-state index in [2.05, 4.69) is 5.10 Å². The molecule has 0 unspecified atom stereocenters. The van der Waals surface area contributed by atoms with Gasteiger partial charge in [0.15, 0.2) is 5.69 Å². The summed E-state index contributed by atoms with van der Waals surface area (Å²) in [6.07, 6.45) is 0. The molecule has 6 heteroatoms. The minimum atomic E-state index is -0.204. The Morgan fingerprint density at radius 3 is 2.57 bits per heavy atom. The summed E-state index contributed by atoms with van der Waals surface area (Å²) in [6.45, 7) is 4.95. The molecule has 1 aromatic heterocycles. The number of nitrogens with zero attached hydrogens (tertiary/aromatic N) is 3. The van der Waals surface area contributed by atoms with Crippen LogP contribution < -0.4 is 0 Å². The molecule has 6 nitrogen and oxygen atoms in total. The molecule has 0 aliphatic rings. The van der Waals surface area contributed by atoms with Crippen LogP contribution in [0.2, 0.25) is 0 Å². The van der Waals surface area contributed by atoms with Gasteiger partial charge in [-0.1, -0.05) is 17.7 Å². The fraction of sp³-hybridized carbons (Fsp3) is 0.412. The highest BCUT2D eigenvalue weighted by atomic mass is 16.5. The van der Waals surface area contributed by atoms with E-state index in [1.165, 1.54) is 5.56 Å². The van der Waals surface area contributed by atoms with Crippen molar-refractivity contribution in [2.24, 2.45) is 0 Å². The Morgan fingerprint density at radius 1 is 1.26 bits per heavy atom. The summed E-state index contributed by atoms with van der Waals surface area (Å²) < 4.78 is 6.76. The average Bonchev–Trinajstić information content (AvgIpc) is 2.93. The van der Waals surface area contributed by atoms with Crippen molar-refractivity contribution in [1.29, 1.82) is 0 Å². The van der Waals surface area contributed by atoms with Crippen molar-refractivity contribution in [2.45, 2.75) is 13.8 Å². The van der Waals surface area contributed by atoms with Gasteiger partial charge in [0.25, 0.3) is 5.91 Å². The maximum absolute atomic E-state index is 12.6. The third kappa shape index (κ3) is 4.18. The Morgan fingerprint density at radius 2 is 1.96 bits per heavy atom. The molecule has 0 aliphatic carbocycles. The summed E-state index contributed by atoms with van der Waals surface area (Å²) in [5.74, 6) is -0.204. The van der Waals surface area contributed by atoms with Gasteiger partial charge in [0.1, 0.15) is 0 Å². The van der Waals surface area contributed by atoms with Crippen molar-refractivity contribution >= 4 is 5.91 Å². The molecule has 0 fully saturated rings. The van der Waals surface area contributed by atoms with E-state index < -0.39 is 0 Å². The van der Waals surface area contributed by atoms with Gasteiger partial charge in [-0.25, -0.2) is 4.68 Å². The lowest BCUT2D eigenvalue weighted by Gasteiger charge is -2.20. The highest BCUT2D eigenvalue weighted by Gasteiger charge is 2.19. The van der Waals surface area contributed by atoms with E-state index in [1.807, 2.05) is 38.1 Å². The van der Waals surface area contributed by atoms with E-state index in [9.17, 15) is 4.79 Å². The van der Waals surface area contributed by atoms with Gasteiger partial charge in [-0.3, -0.25) is 4.79 Å². The van der Waals surface area contributed by atoms with Gasteiger partial charge in [0, 0.05) is 25.9 Å². The molecule has 0 saturated carbocycles. The number of rotatable bonds is 7. The minimum absolute atomic E-state index is 0.0902. The van der Waals surface area contributed by atoms with Gasteiger partial charge in [-0.15, -0.1) is 0 Å². The molecule has 1 amide bonds. The molecule has 23 heavy (non-hydrogen) atoms. The number of hydrogen-bond donors (Lipinski definition) is 1. The van der Waals surface area contributed by atoms with Crippen LogP contribution in [0.4, 0.5) is 0 Å². The van der Waals surface area contributed by atoms with Gasteiger partial charge >= 0.3 is 0 Å². The first-order valence-electron chi connectivity index (χ1n) is 7.59. The highest BCUT2D eigenvalue weighted by molar-refractivity contribution is 5.92. The van der Waals surface area contributed by atoms with E-state index in [-0.39, 0.29) is 19.1 Å². The smallest absolute Gasteiger partial charge is 0.274 e. The molecule has 2 aromatic rings. The number of benzene rings is 1. The van der Waals surface area contributed by atoms with Crippen LogP contribution in [0.1, 0.15) is 21.7 Å². The molecule has 124 valence electrons. The minimum Gasteiger partial charge on any atom is -0.395 e. The largest absolute Gasteiger partial charge is 0.395 e. The second kappa shape index (κ2) is 7.89. The van der Waals surface area contributed by atoms with Crippen molar-refractivity contribution in [1.82, 2.24) is 14.7 Å². The molecular weight excluding hydrogens is 294 g/mol. The fourth-order valence-corrected chi connectivity index (χ4v) is 2.33. The lowest BCUT2D eigenvalue weighted by Crippen LogP contribution is -2.36. The van der Waals surface area contributed by atoms with E-state index >= 15 is 0 Å². The molecule has 1 heterocycles. The quantitative estimate of drug-likeness (QED) is 0.842. The summed E-state index contributed by atoms with van der Waals surface area (Å²) >= 11 is 0. The third-order valence-corrected chi connectivity index (χ3v) is 3.61. The summed E-state index contributed by atoms with van der Waals surface area (Å²) in [5.41, 5.74) is 3.34. The molecule has 0 saturated heterocycles. The Labute approximate surface area is 136 Å². The van der Waals surface area contributed by atoms with Gasteiger partial charge in [-0.2, -0.15) is 5.10 Å². The van der Waals surface area contributed by atoms with Crippen LogP contribution >= 0.6 is 0 Å². The summed E-state index contributed by atoms with van der Waals surface area (Å²) in [6, 6.07) is 9.72. The van der Waals surface area contributed by atoms with Gasteiger partial charge in [-0.05, 0) is 32.0 Å². The number of aromatic nitrogens is 2. The molecule has 1 aromatic carbocycles. The predicted octanol–water partition coefficient (Wildman–Crippen LogP) is 1.57. The summed E-state index contributed by atoms with van der Waals surface area (Å²) in [4.78, 5) is 14.1. The Hall–Kier alpha value is -2.18. The second-order valence-electron chi connectivity index (χ2n) is 5.43. The number of methoxy groups -OCH3 is 1. The summed E-state index contributed by atoms with van der Waals surface area (Å²) in [5, 5.41) is 13.6. The number of ether oxygens (including phenoxy) is 1. The second-order valence-corrected chi connectivity index (χ2v) is 5.43. The van der Waals surface area contributed by atoms with Crippen LogP contribution in [0.3, 0.4) is 0 Å². The summed E-state index contributed by atoms with van der Waals surface area (Å²) in [7, 11) is 1.58. The van der Waals surface area contributed by atoms with Crippen LogP contribution in [0.15, 0.2) is 30.3 Å². The number of amides is 1. The van der Waals surface area contributed by atoms with Crippen LogP contribution in [0.5, 0.6) is 0 Å². The maximum Gasteiger partial charge on any atom is 0.274 e. The van der Waals surface area contributed by atoms with Crippen LogP contribution in [-0.2, 0) is 4.74 Å². The molecule has 1 N–H and O–H groups in total. The van der Waals surface area contributed by atoms with Crippen molar-refractivity contribution < 1.29 is 14.6 Å². The fourth-order valence-electron chi connectivity index (χ4n) is 2.33. The zero-order valence-corrected chi connectivity index (χ0v) is 13.8. The molecule has 0 aliphatic heterocycles. The third-order valence-electron chi connectivity index (χ3n) is 3.61. The Kier molecular flexibility index (Phi) is 5.90. The first kappa shape index (κ1) is 17.2. The Balaban J connectivity index is 2.24. The van der Waals surface area contributed by atoms with Gasteiger partial charge in [0.05, 0.1) is 18.9 Å². The monoisotopic (exact) mass is 317 g/mol. The van der Waals surface area contributed by atoms with E-state index in [0.29, 0.717) is 18.8 Å². The number of aliphatic hydroxyl groups is 1. The number of aliphatic hydroxyl groups excluding tert-OH is 1. The van der Waals surface area contributed by atoms with E-state index in [0.717, 1.165) is 11.4 Å². The van der Waals surface area contributed by atoms with Gasteiger partial charge < -0.3 is 14.7 Å². The molecule has 2 rings (SSSR count). The number of hydrogen-bond acceptors (Lipinski definition) is 4. The average molecular weight is 317 g/mol. The van der Waals surface area contributed by atoms with Crippen molar-refractivity contribution in [2.75, 3.05) is 33.4 Å².